The number of fused-ring (bicyclic) bond motifs is 1. The molecule has 0 aliphatic carbocycles. The van der Waals surface area contributed by atoms with Gasteiger partial charge in [-0.05, 0) is 31.2 Å². The number of ether oxygens (including phenoxy) is 1. The Morgan fingerprint density at radius 2 is 2.12 bits per heavy atom. The first-order valence-electron chi connectivity index (χ1n) is 8.59. The van der Waals surface area contributed by atoms with Crippen LogP contribution in [-0.4, -0.2) is 48.1 Å². The third-order valence-electron chi connectivity index (χ3n) is 4.94. The van der Waals surface area contributed by atoms with E-state index in [0.29, 0.717) is 11.8 Å². The van der Waals surface area contributed by atoms with E-state index >= 15 is 0 Å². The minimum Gasteiger partial charge on any atom is -0.489 e. The van der Waals surface area contributed by atoms with Crippen LogP contribution in [0.15, 0.2) is 36.4 Å². The van der Waals surface area contributed by atoms with Gasteiger partial charge >= 0.3 is 0 Å². The van der Waals surface area contributed by atoms with E-state index < -0.39 is 0 Å². The van der Waals surface area contributed by atoms with Gasteiger partial charge in [-0.3, -0.25) is 9.80 Å². The number of hydrogen-bond donors (Lipinski definition) is 0. The molecule has 4 rings (SSSR count). The van der Waals surface area contributed by atoms with Gasteiger partial charge in [-0.15, -0.1) is 11.3 Å². The van der Waals surface area contributed by atoms with E-state index in [9.17, 15) is 4.39 Å². The monoisotopic (exact) mass is 346 g/mol. The topological polar surface area (TPSA) is 15.7 Å². The summed E-state index contributed by atoms with van der Waals surface area (Å²) in [6, 6.07) is 11.5. The fourth-order valence-corrected chi connectivity index (χ4v) is 4.75. The van der Waals surface area contributed by atoms with Crippen LogP contribution in [-0.2, 0) is 6.54 Å². The molecule has 0 unspecified atom stereocenters. The lowest BCUT2D eigenvalue weighted by atomic mass is 10.1. The summed E-state index contributed by atoms with van der Waals surface area (Å²) < 4.78 is 19.3. The van der Waals surface area contributed by atoms with Crippen LogP contribution >= 0.6 is 11.3 Å². The first-order chi connectivity index (χ1) is 11.7. The van der Waals surface area contributed by atoms with E-state index in [1.807, 2.05) is 17.4 Å². The third kappa shape index (κ3) is 3.63. The van der Waals surface area contributed by atoms with Gasteiger partial charge in [0.25, 0.3) is 0 Å². The molecule has 1 aromatic heterocycles. The Hall–Kier alpha value is -1.43. The molecular formula is C19H23FN2OS. The maximum absolute atomic E-state index is 13.3. The molecule has 2 aliphatic heterocycles. The van der Waals surface area contributed by atoms with Gasteiger partial charge in [-0.25, -0.2) is 4.39 Å². The summed E-state index contributed by atoms with van der Waals surface area (Å²) >= 11 is 1.89. The van der Waals surface area contributed by atoms with Crippen molar-refractivity contribution >= 4 is 11.3 Å². The molecule has 0 radical (unpaired) electrons. The average Bonchev–Trinajstić information content (AvgIpc) is 3.12. The minimum absolute atomic E-state index is 0.167. The average molecular weight is 346 g/mol. The molecule has 0 spiro atoms. The quantitative estimate of drug-likeness (QED) is 0.842. The molecule has 0 N–H and O–H groups in total. The molecule has 0 bridgehead atoms. The molecule has 24 heavy (non-hydrogen) atoms. The lowest BCUT2D eigenvalue weighted by molar-refractivity contribution is 0.0985. The molecule has 128 valence electrons. The largest absolute Gasteiger partial charge is 0.489 e. The van der Waals surface area contributed by atoms with E-state index in [-0.39, 0.29) is 11.9 Å². The SMILES string of the molecule is Cc1ccc(CN2CCN3C[C@H](Oc4cccc(F)c4)C[C@@H]3C2)s1. The molecule has 3 heterocycles. The van der Waals surface area contributed by atoms with Gasteiger partial charge in [-0.2, -0.15) is 0 Å². The number of nitrogens with zero attached hydrogens (tertiary/aromatic N) is 2. The van der Waals surface area contributed by atoms with Crippen molar-refractivity contribution in [3.05, 3.63) is 52.0 Å². The summed E-state index contributed by atoms with van der Waals surface area (Å²) in [7, 11) is 0. The summed E-state index contributed by atoms with van der Waals surface area (Å²) in [5.74, 6) is 0.409. The number of benzene rings is 1. The predicted octanol–water partition coefficient (Wildman–Crippen LogP) is 3.53. The van der Waals surface area contributed by atoms with Gasteiger partial charge < -0.3 is 4.74 Å². The predicted molar refractivity (Wildman–Crippen MR) is 95.1 cm³/mol. The lowest BCUT2D eigenvalue weighted by Crippen LogP contribution is -2.49. The van der Waals surface area contributed by atoms with Crippen LogP contribution in [0, 0.1) is 12.7 Å². The highest BCUT2D eigenvalue weighted by Gasteiger charge is 2.37. The third-order valence-corrected chi connectivity index (χ3v) is 5.92. The Kier molecular flexibility index (Phi) is 4.57. The molecule has 5 heteroatoms. The molecule has 2 saturated heterocycles. The van der Waals surface area contributed by atoms with Crippen molar-refractivity contribution in [1.82, 2.24) is 9.80 Å². The Bertz CT molecular complexity index is 704. The van der Waals surface area contributed by atoms with Crippen LogP contribution in [0.3, 0.4) is 0 Å². The van der Waals surface area contributed by atoms with Gasteiger partial charge in [0.1, 0.15) is 17.7 Å². The van der Waals surface area contributed by atoms with Crippen molar-refractivity contribution in [3.8, 4) is 5.75 Å². The van der Waals surface area contributed by atoms with Crippen LogP contribution in [0.25, 0.3) is 0 Å². The number of thiophene rings is 1. The van der Waals surface area contributed by atoms with Crippen LogP contribution < -0.4 is 4.74 Å². The fraction of sp³-hybridized carbons (Fsp3) is 0.474. The zero-order valence-electron chi connectivity index (χ0n) is 14.0. The minimum atomic E-state index is -0.236. The Labute approximate surface area is 146 Å². The van der Waals surface area contributed by atoms with E-state index in [4.69, 9.17) is 4.74 Å². The van der Waals surface area contributed by atoms with Crippen molar-refractivity contribution < 1.29 is 9.13 Å². The number of halogens is 1. The number of piperazine rings is 1. The van der Waals surface area contributed by atoms with Gasteiger partial charge in [0.15, 0.2) is 0 Å². The second-order valence-corrected chi connectivity index (χ2v) is 8.20. The highest BCUT2D eigenvalue weighted by Crippen LogP contribution is 2.27. The first-order valence-corrected chi connectivity index (χ1v) is 9.41. The summed E-state index contributed by atoms with van der Waals surface area (Å²) in [6.45, 7) is 7.47. The van der Waals surface area contributed by atoms with Crippen molar-refractivity contribution in [2.24, 2.45) is 0 Å². The lowest BCUT2D eigenvalue weighted by Gasteiger charge is -2.36. The first kappa shape index (κ1) is 16.1. The van der Waals surface area contributed by atoms with Crippen LogP contribution in [0.4, 0.5) is 4.39 Å². The zero-order chi connectivity index (χ0) is 16.5. The second-order valence-electron chi connectivity index (χ2n) is 6.83. The number of rotatable bonds is 4. The summed E-state index contributed by atoms with van der Waals surface area (Å²) in [6.07, 6.45) is 1.19. The molecule has 2 aromatic rings. The molecule has 0 saturated carbocycles. The number of aryl methyl sites for hydroxylation is 1. The zero-order valence-corrected chi connectivity index (χ0v) is 14.8. The second kappa shape index (κ2) is 6.82. The Balaban J connectivity index is 1.33. The smallest absolute Gasteiger partial charge is 0.126 e. The van der Waals surface area contributed by atoms with Crippen molar-refractivity contribution in [2.45, 2.75) is 32.0 Å². The van der Waals surface area contributed by atoms with Gasteiger partial charge in [-0.1, -0.05) is 6.07 Å². The van der Waals surface area contributed by atoms with E-state index in [0.717, 1.165) is 39.1 Å². The van der Waals surface area contributed by atoms with Gasteiger partial charge in [0.2, 0.25) is 0 Å². The van der Waals surface area contributed by atoms with Crippen LogP contribution in [0.2, 0.25) is 0 Å². The molecule has 2 aliphatic rings. The fourth-order valence-electron chi connectivity index (χ4n) is 3.81. The summed E-state index contributed by atoms with van der Waals surface area (Å²) in [4.78, 5) is 7.91. The summed E-state index contributed by atoms with van der Waals surface area (Å²) in [5.41, 5.74) is 0. The van der Waals surface area contributed by atoms with E-state index in [1.165, 1.54) is 21.9 Å². The highest BCUT2D eigenvalue weighted by molar-refractivity contribution is 7.11. The maximum atomic E-state index is 13.3. The van der Waals surface area contributed by atoms with Crippen LogP contribution in [0.5, 0.6) is 5.75 Å². The summed E-state index contributed by atoms with van der Waals surface area (Å²) in [5, 5.41) is 0. The highest BCUT2D eigenvalue weighted by atomic mass is 32.1. The normalized spacial score (nSPS) is 24.9. The van der Waals surface area contributed by atoms with Crippen LogP contribution in [0.1, 0.15) is 16.2 Å². The Morgan fingerprint density at radius 1 is 1.21 bits per heavy atom. The number of hydrogen-bond acceptors (Lipinski definition) is 4. The van der Waals surface area contributed by atoms with Crippen molar-refractivity contribution in [3.63, 3.8) is 0 Å². The Morgan fingerprint density at radius 3 is 2.92 bits per heavy atom. The maximum Gasteiger partial charge on any atom is 0.126 e. The molecule has 3 nitrogen and oxygen atoms in total. The van der Waals surface area contributed by atoms with E-state index in [1.54, 1.807) is 6.07 Å². The molecule has 2 fully saturated rings. The van der Waals surface area contributed by atoms with Crippen molar-refractivity contribution in [2.75, 3.05) is 26.2 Å². The van der Waals surface area contributed by atoms with Gasteiger partial charge in [0, 0.05) is 61.0 Å². The molecule has 2 atom stereocenters. The van der Waals surface area contributed by atoms with Gasteiger partial charge in [0.05, 0.1) is 0 Å². The molecular weight excluding hydrogens is 323 g/mol. The van der Waals surface area contributed by atoms with Crippen molar-refractivity contribution in [1.29, 1.82) is 0 Å². The molecule has 0 amide bonds. The van der Waals surface area contributed by atoms with E-state index in [2.05, 4.69) is 28.9 Å². The standard InChI is InChI=1S/C19H23FN2OS/c1-14-5-6-19(24-14)13-21-7-8-22-12-18(10-16(22)11-21)23-17-4-2-3-15(20)9-17/h2-6,9,16,18H,7-8,10-13H2,1H3/t16-,18-/m1/s1. The molecule has 1 aromatic carbocycles.